The minimum atomic E-state index is -1.83. The number of hydrogen-bond donors (Lipinski definition) is 1. The second-order valence-corrected chi connectivity index (χ2v) is 9.59. The number of halogens is 2. The molecule has 4 rings (SSSR count). The number of aliphatic hydroxyl groups is 1. The van der Waals surface area contributed by atoms with Crippen molar-refractivity contribution in [2.75, 3.05) is 6.54 Å². The van der Waals surface area contributed by atoms with Crippen molar-refractivity contribution in [3.63, 3.8) is 0 Å². The van der Waals surface area contributed by atoms with Crippen LogP contribution in [0.15, 0.2) is 77.2 Å². The molecule has 0 aliphatic carbocycles. The normalized spacial score (nSPS) is 11.9. The van der Waals surface area contributed by atoms with E-state index in [-0.39, 0.29) is 16.9 Å². The zero-order chi connectivity index (χ0) is 23.4. The Labute approximate surface area is 196 Å². The molecule has 2 heterocycles. The van der Waals surface area contributed by atoms with Crippen molar-refractivity contribution in [2.45, 2.75) is 39.0 Å². The van der Waals surface area contributed by atoms with Gasteiger partial charge in [0.05, 0.1) is 6.54 Å². The highest BCUT2D eigenvalue weighted by atomic mass is 32.1. The number of rotatable bonds is 9. The van der Waals surface area contributed by atoms with Crippen molar-refractivity contribution in [1.82, 2.24) is 4.90 Å². The number of aryl methyl sites for hydroxylation is 1. The fourth-order valence-corrected chi connectivity index (χ4v) is 5.01. The smallest absolute Gasteiger partial charge is 0.173 e. The average molecular weight is 468 g/mol. The molecule has 0 fully saturated rings. The Balaban J connectivity index is 1.67. The summed E-state index contributed by atoms with van der Waals surface area (Å²) in [6, 6.07) is 19.1. The van der Waals surface area contributed by atoms with Gasteiger partial charge in [-0.3, -0.25) is 4.90 Å². The molecule has 3 nitrogen and oxygen atoms in total. The molecule has 0 saturated heterocycles. The Kier molecular flexibility index (Phi) is 7.08. The fourth-order valence-electron chi connectivity index (χ4n) is 4.08. The van der Waals surface area contributed by atoms with Crippen LogP contribution in [0.1, 0.15) is 45.7 Å². The first-order chi connectivity index (χ1) is 15.9. The van der Waals surface area contributed by atoms with Gasteiger partial charge < -0.3 is 9.52 Å². The lowest BCUT2D eigenvalue weighted by molar-refractivity contribution is 0.0946. The summed E-state index contributed by atoms with van der Waals surface area (Å²) in [4.78, 5) is 4.85. The fraction of sp³-hybridized carbons (Fsp3) is 0.259. The van der Waals surface area contributed by atoms with Crippen LogP contribution in [0.2, 0.25) is 0 Å². The van der Waals surface area contributed by atoms with E-state index >= 15 is 0 Å². The third-order valence-electron chi connectivity index (χ3n) is 5.60. The van der Waals surface area contributed by atoms with Gasteiger partial charge in [-0.1, -0.05) is 31.2 Å². The minimum Gasteiger partial charge on any atom is -0.461 e. The number of nitrogens with zero attached hydrogens (tertiary/aromatic N) is 1. The number of benzene rings is 2. The molecule has 4 aromatic rings. The Hall–Kier alpha value is -2.80. The maximum absolute atomic E-state index is 14.1. The molecule has 0 spiro atoms. The van der Waals surface area contributed by atoms with Gasteiger partial charge in [-0.15, -0.1) is 11.3 Å². The molecule has 0 aliphatic heterocycles. The van der Waals surface area contributed by atoms with Crippen LogP contribution in [-0.4, -0.2) is 16.6 Å². The van der Waals surface area contributed by atoms with Crippen molar-refractivity contribution >= 4 is 11.3 Å². The quantitative estimate of drug-likeness (QED) is 0.300. The highest BCUT2D eigenvalue weighted by Gasteiger charge is 2.38. The summed E-state index contributed by atoms with van der Waals surface area (Å²) < 4.78 is 34.2. The molecule has 33 heavy (non-hydrogen) atoms. The van der Waals surface area contributed by atoms with Crippen LogP contribution in [0, 0.1) is 18.6 Å². The van der Waals surface area contributed by atoms with Crippen LogP contribution >= 0.6 is 11.3 Å². The molecule has 1 N–H and O–H groups in total. The molecule has 0 bridgehead atoms. The van der Waals surface area contributed by atoms with E-state index < -0.39 is 17.2 Å². The third-order valence-corrected chi connectivity index (χ3v) is 6.58. The number of furan rings is 1. The predicted octanol–water partition coefficient (Wildman–Crippen LogP) is 6.62. The first-order valence-corrected chi connectivity index (χ1v) is 11.8. The van der Waals surface area contributed by atoms with Gasteiger partial charge in [0.1, 0.15) is 23.2 Å². The number of hydrogen-bond acceptors (Lipinski definition) is 4. The molecule has 0 radical (unpaired) electrons. The van der Waals surface area contributed by atoms with Crippen molar-refractivity contribution in [3.8, 4) is 0 Å². The summed E-state index contributed by atoms with van der Waals surface area (Å²) in [7, 11) is 0. The summed E-state index contributed by atoms with van der Waals surface area (Å²) in [6.07, 6.45) is 0.994. The zero-order valence-electron chi connectivity index (χ0n) is 18.7. The molecule has 0 amide bonds. The molecule has 2 aromatic carbocycles. The summed E-state index contributed by atoms with van der Waals surface area (Å²) in [5.41, 5.74) is -1.29. The van der Waals surface area contributed by atoms with Crippen LogP contribution in [0.3, 0.4) is 0 Å². The van der Waals surface area contributed by atoms with E-state index in [1.165, 1.54) is 46.2 Å². The molecule has 172 valence electrons. The maximum atomic E-state index is 14.1. The first kappa shape index (κ1) is 23.4. The van der Waals surface area contributed by atoms with E-state index in [9.17, 15) is 13.9 Å². The van der Waals surface area contributed by atoms with E-state index in [0.29, 0.717) is 12.3 Å². The maximum Gasteiger partial charge on any atom is 0.173 e. The van der Waals surface area contributed by atoms with E-state index in [0.717, 1.165) is 19.5 Å². The van der Waals surface area contributed by atoms with Crippen LogP contribution in [0.25, 0.3) is 0 Å². The van der Waals surface area contributed by atoms with Gasteiger partial charge in [0.15, 0.2) is 5.60 Å². The van der Waals surface area contributed by atoms with Gasteiger partial charge in [-0.25, -0.2) is 8.78 Å². The highest BCUT2D eigenvalue weighted by Crippen LogP contribution is 2.38. The van der Waals surface area contributed by atoms with Crippen LogP contribution < -0.4 is 0 Å². The van der Waals surface area contributed by atoms with Gasteiger partial charge in [-0.05, 0) is 79.5 Å². The Morgan fingerprint density at radius 2 is 1.58 bits per heavy atom. The molecule has 0 aliphatic rings. The molecular formula is C27H27F2NO2S. The standard InChI is InChI=1S/C27H27F2NO2S/c1-3-14-30(18-25-12-10-19(2)33-25)17-24-11-13-26(32-24)27(31,20-6-4-8-22(28)15-20)21-7-5-9-23(29)16-21/h4-13,15-16,31H,3,14,17-18H2,1-2H3. The topological polar surface area (TPSA) is 36.6 Å². The van der Waals surface area contributed by atoms with Crippen molar-refractivity contribution in [1.29, 1.82) is 0 Å². The lowest BCUT2D eigenvalue weighted by atomic mass is 9.84. The van der Waals surface area contributed by atoms with E-state index in [1.54, 1.807) is 29.5 Å². The minimum absolute atomic E-state index is 0.220. The van der Waals surface area contributed by atoms with Crippen molar-refractivity contribution in [3.05, 3.63) is 117 Å². The van der Waals surface area contributed by atoms with Crippen molar-refractivity contribution < 1.29 is 18.3 Å². The Bertz CT molecular complexity index is 1170. The average Bonchev–Trinajstić information content (AvgIpc) is 3.42. The van der Waals surface area contributed by atoms with Gasteiger partial charge in [0.25, 0.3) is 0 Å². The second kappa shape index (κ2) is 10.00. The summed E-state index contributed by atoms with van der Waals surface area (Å²) in [6.45, 7) is 6.49. The highest BCUT2D eigenvalue weighted by molar-refractivity contribution is 7.11. The summed E-state index contributed by atoms with van der Waals surface area (Å²) >= 11 is 1.78. The molecule has 0 saturated carbocycles. The zero-order valence-corrected chi connectivity index (χ0v) is 19.5. The monoisotopic (exact) mass is 467 g/mol. The lowest BCUT2D eigenvalue weighted by Crippen LogP contribution is -2.28. The third kappa shape index (κ3) is 5.24. The van der Waals surface area contributed by atoms with Crippen LogP contribution in [0.4, 0.5) is 8.78 Å². The van der Waals surface area contributed by atoms with Gasteiger partial charge in [0.2, 0.25) is 0 Å². The van der Waals surface area contributed by atoms with E-state index in [4.69, 9.17) is 4.42 Å². The SMILES string of the molecule is CCCN(Cc1ccc(C(O)(c2cccc(F)c2)c2cccc(F)c2)o1)Cc1ccc(C)s1. The predicted molar refractivity (Wildman–Crippen MR) is 127 cm³/mol. The van der Waals surface area contributed by atoms with E-state index in [2.05, 4.69) is 30.9 Å². The number of thiophene rings is 1. The lowest BCUT2D eigenvalue weighted by Gasteiger charge is -2.27. The largest absolute Gasteiger partial charge is 0.461 e. The van der Waals surface area contributed by atoms with Crippen LogP contribution in [-0.2, 0) is 18.7 Å². The van der Waals surface area contributed by atoms with Crippen LogP contribution in [0.5, 0.6) is 0 Å². The summed E-state index contributed by atoms with van der Waals surface area (Å²) in [5, 5.41) is 11.8. The molecule has 0 atom stereocenters. The molecular weight excluding hydrogens is 440 g/mol. The van der Waals surface area contributed by atoms with Gasteiger partial charge in [-0.2, -0.15) is 0 Å². The Morgan fingerprint density at radius 3 is 2.12 bits per heavy atom. The first-order valence-electron chi connectivity index (χ1n) is 11.0. The van der Waals surface area contributed by atoms with Gasteiger partial charge >= 0.3 is 0 Å². The second-order valence-electron chi connectivity index (χ2n) is 8.22. The van der Waals surface area contributed by atoms with E-state index in [1.807, 2.05) is 6.07 Å². The molecule has 6 heteroatoms. The van der Waals surface area contributed by atoms with Gasteiger partial charge in [0, 0.05) is 16.3 Å². The molecule has 0 unspecified atom stereocenters. The van der Waals surface area contributed by atoms with Crippen molar-refractivity contribution in [2.24, 2.45) is 0 Å². The Morgan fingerprint density at radius 1 is 0.909 bits per heavy atom. The molecule has 2 aromatic heterocycles. The summed E-state index contributed by atoms with van der Waals surface area (Å²) in [5.74, 6) is -0.0842.